The van der Waals surface area contributed by atoms with Crippen molar-refractivity contribution in [2.75, 3.05) is 20.3 Å². The number of methoxy groups -OCH3 is 1. The highest BCUT2D eigenvalue weighted by atomic mass is 35.5. The van der Waals surface area contributed by atoms with Gasteiger partial charge in [0.1, 0.15) is 0 Å². The molecule has 0 radical (unpaired) electrons. The third-order valence-corrected chi connectivity index (χ3v) is 2.24. The lowest BCUT2D eigenvalue weighted by Gasteiger charge is -2.23. The average Bonchev–Trinajstić information content (AvgIpc) is 2.66. The van der Waals surface area contributed by atoms with Crippen molar-refractivity contribution in [3.63, 3.8) is 0 Å². The Kier molecular flexibility index (Phi) is 4.02. The molecular weight excluding hydrogens is 231 g/mol. The number of carbonyl (C=O) groups excluding carboxylic acids is 1. The lowest BCUT2D eigenvalue weighted by Crippen LogP contribution is -2.44. The second-order valence-corrected chi connectivity index (χ2v) is 3.10. The van der Waals surface area contributed by atoms with Crippen LogP contribution >= 0.6 is 23.2 Å². The summed E-state index contributed by atoms with van der Waals surface area (Å²) in [5, 5.41) is 0.939. The van der Waals surface area contributed by atoms with E-state index in [-0.39, 0.29) is 0 Å². The molecule has 1 aliphatic rings. The van der Waals surface area contributed by atoms with Crippen molar-refractivity contribution in [3.8, 4) is 11.3 Å². The molecule has 1 saturated heterocycles. The maximum absolute atomic E-state index is 11.2. The van der Waals surface area contributed by atoms with Gasteiger partial charge in [0.05, 0.1) is 20.3 Å². The van der Waals surface area contributed by atoms with E-state index >= 15 is 0 Å². The molecular formula is C8H8Cl2O4. The van der Waals surface area contributed by atoms with Crippen LogP contribution in [0.15, 0.2) is 0 Å². The van der Waals surface area contributed by atoms with Gasteiger partial charge in [0.15, 0.2) is 5.38 Å². The third-order valence-electron chi connectivity index (χ3n) is 1.68. The number of alkyl halides is 1. The maximum atomic E-state index is 11.2. The van der Waals surface area contributed by atoms with Gasteiger partial charge in [0.25, 0.3) is 5.79 Å². The van der Waals surface area contributed by atoms with Gasteiger partial charge in [-0.3, -0.25) is 4.79 Å². The molecule has 4 nitrogen and oxygen atoms in total. The molecule has 1 atom stereocenters. The number of hydrogen-bond donors (Lipinski definition) is 0. The van der Waals surface area contributed by atoms with Gasteiger partial charge in [-0.2, -0.15) is 0 Å². The lowest BCUT2D eigenvalue weighted by atomic mass is 10.2. The number of carbonyl (C=O) groups is 1. The van der Waals surface area contributed by atoms with Crippen LogP contribution in [0.1, 0.15) is 0 Å². The van der Waals surface area contributed by atoms with Crippen molar-refractivity contribution in [3.05, 3.63) is 0 Å². The first-order valence-electron chi connectivity index (χ1n) is 3.79. The number of hydrogen-bond acceptors (Lipinski definition) is 4. The summed E-state index contributed by atoms with van der Waals surface area (Å²) in [6.45, 7) is 0.623. The molecule has 0 bridgehead atoms. The summed E-state index contributed by atoms with van der Waals surface area (Å²) in [5.74, 6) is 0.262. The number of esters is 1. The first-order chi connectivity index (χ1) is 6.66. The number of ether oxygens (including phenoxy) is 3. The van der Waals surface area contributed by atoms with Crippen molar-refractivity contribution >= 4 is 29.2 Å². The molecule has 0 aromatic carbocycles. The normalized spacial score (nSPS) is 20.8. The number of halogens is 2. The van der Waals surface area contributed by atoms with Gasteiger partial charge in [0, 0.05) is 5.38 Å². The molecule has 0 spiro atoms. The van der Waals surface area contributed by atoms with Crippen LogP contribution in [0, 0.1) is 11.3 Å². The van der Waals surface area contributed by atoms with Crippen LogP contribution in [-0.2, 0) is 19.0 Å². The van der Waals surface area contributed by atoms with Gasteiger partial charge in [-0.15, -0.1) is 11.6 Å². The predicted molar refractivity (Wildman–Crippen MR) is 49.9 cm³/mol. The zero-order valence-corrected chi connectivity index (χ0v) is 8.89. The van der Waals surface area contributed by atoms with E-state index in [1.807, 2.05) is 0 Å². The molecule has 1 unspecified atom stereocenters. The predicted octanol–water partition coefficient (Wildman–Crippen LogP) is 0.710. The van der Waals surface area contributed by atoms with E-state index in [1.54, 1.807) is 0 Å². The highest BCUT2D eigenvalue weighted by molar-refractivity contribution is 6.32. The van der Waals surface area contributed by atoms with Crippen LogP contribution in [0.2, 0.25) is 0 Å². The maximum Gasteiger partial charge on any atom is 0.330 e. The molecule has 1 aliphatic heterocycles. The Balaban J connectivity index is 2.85. The highest BCUT2D eigenvalue weighted by Crippen LogP contribution is 2.27. The van der Waals surface area contributed by atoms with E-state index in [4.69, 9.17) is 32.7 Å². The topological polar surface area (TPSA) is 44.8 Å². The Morgan fingerprint density at radius 2 is 2.14 bits per heavy atom. The Morgan fingerprint density at radius 1 is 1.57 bits per heavy atom. The van der Waals surface area contributed by atoms with Crippen LogP contribution in [0.25, 0.3) is 0 Å². The van der Waals surface area contributed by atoms with E-state index in [1.165, 1.54) is 7.11 Å². The monoisotopic (exact) mass is 238 g/mol. The van der Waals surface area contributed by atoms with Gasteiger partial charge in [-0.1, -0.05) is 0 Å². The molecule has 1 heterocycles. The molecule has 78 valence electrons. The molecule has 0 aromatic rings. The number of rotatable bonds is 2. The van der Waals surface area contributed by atoms with Gasteiger partial charge < -0.3 is 14.2 Å². The molecule has 0 aromatic heterocycles. The summed E-state index contributed by atoms with van der Waals surface area (Å²) < 4.78 is 14.8. The van der Waals surface area contributed by atoms with Crippen molar-refractivity contribution in [1.82, 2.24) is 0 Å². The minimum absolute atomic E-state index is 0.311. The molecule has 6 heteroatoms. The zero-order chi connectivity index (χ0) is 10.6. The lowest BCUT2D eigenvalue weighted by molar-refractivity contribution is -0.158. The standard InChI is InChI=1S/C8H8Cl2O4/c1-12-7(11)6(10)8(2-3-9)13-4-5-14-8/h6H,4-5H2,1H3. The van der Waals surface area contributed by atoms with Crippen LogP contribution in [0.3, 0.4) is 0 Å². The Labute approximate surface area is 91.4 Å². The summed E-state index contributed by atoms with van der Waals surface area (Å²) >= 11 is 11.0. The Hall–Kier alpha value is -0.470. The molecule has 14 heavy (non-hydrogen) atoms. The smallest absolute Gasteiger partial charge is 0.330 e. The minimum Gasteiger partial charge on any atom is -0.468 e. The Morgan fingerprint density at radius 3 is 2.57 bits per heavy atom. The summed E-state index contributed by atoms with van der Waals surface area (Å²) in [6, 6.07) is 0. The average molecular weight is 239 g/mol. The zero-order valence-electron chi connectivity index (χ0n) is 7.38. The molecule has 1 rings (SSSR count). The summed E-state index contributed by atoms with van der Waals surface area (Å²) in [5.41, 5.74) is 0. The fourth-order valence-corrected chi connectivity index (χ4v) is 1.44. The van der Waals surface area contributed by atoms with E-state index < -0.39 is 17.1 Å². The van der Waals surface area contributed by atoms with E-state index in [0.29, 0.717) is 13.2 Å². The second-order valence-electron chi connectivity index (χ2n) is 2.47. The van der Waals surface area contributed by atoms with Gasteiger partial charge >= 0.3 is 5.97 Å². The molecule has 1 fully saturated rings. The molecule has 0 N–H and O–H groups in total. The quantitative estimate of drug-likeness (QED) is 0.404. The van der Waals surface area contributed by atoms with E-state index in [9.17, 15) is 4.79 Å². The van der Waals surface area contributed by atoms with Crippen molar-refractivity contribution in [1.29, 1.82) is 0 Å². The first kappa shape index (κ1) is 11.6. The van der Waals surface area contributed by atoms with Crippen molar-refractivity contribution in [2.45, 2.75) is 11.2 Å². The largest absolute Gasteiger partial charge is 0.468 e. The fraction of sp³-hybridized carbons (Fsp3) is 0.625. The van der Waals surface area contributed by atoms with Crippen LogP contribution < -0.4 is 0 Å². The summed E-state index contributed by atoms with van der Waals surface area (Å²) in [7, 11) is 1.22. The molecule has 0 saturated carbocycles. The molecule has 0 amide bonds. The van der Waals surface area contributed by atoms with Crippen molar-refractivity contribution in [2.24, 2.45) is 0 Å². The third kappa shape index (κ3) is 2.12. The second kappa shape index (κ2) is 4.85. The summed E-state index contributed by atoms with van der Waals surface area (Å²) in [4.78, 5) is 11.2. The van der Waals surface area contributed by atoms with E-state index in [0.717, 1.165) is 0 Å². The Bertz CT molecular complexity index is 275. The molecule has 0 aliphatic carbocycles. The first-order valence-corrected chi connectivity index (χ1v) is 4.60. The van der Waals surface area contributed by atoms with Crippen LogP contribution in [-0.4, -0.2) is 37.5 Å². The SMILES string of the molecule is COC(=O)C(Cl)C1(C#CCl)OCCO1. The van der Waals surface area contributed by atoms with Crippen LogP contribution in [0.5, 0.6) is 0 Å². The minimum atomic E-state index is -1.48. The highest BCUT2D eigenvalue weighted by Gasteiger charge is 2.47. The fourth-order valence-electron chi connectivity index (χ4n) is 1.03. The van der Waals surface area contributed by atoms with Crippen LogP contribution in [0.4, 0.5) is 0 Å². The summed E-state index contributed by atoms with van der Waals surface area (Å²) in [6.07, 6.45) is 0. The van der Waals surface area contributed by atoms with Crippen molar-refractivity contribution < 1.29 is 19.0 Å². The van der Waals surface area contributed by atoms with Gasteiger partial charge in [-0.25, -0.2) is 0 Å². The van der Waals surface area contributed by atoms with E-state index in [2.05, 4.69) is 16.0 Å². The van der Waals surface area contributed by atoms with Gasteiger partial charge in [-0.05, 0) is 17.5 Å². The van der Waals surface area contributed by atoms with Gasteiger partial charge in [0.2, 0.25) is 0 Å².